The third kappa shape index (κ3) is 4.54. The van der Waals surface area contributed by atoms with Gasteiger partial charge in [0.25, 0.3) is 5.91 Å². The number of carbonyl (C=O) groups is 1. The molecule has 0 saturated heterocycles. The molecule has 0 fully saturated rings. The Morgan fingerprint density at radius 1 is 1.48 bits per heavy atom. The Labute approximate surface area is 127 Å². The number of amides is 1. The van der Waals surface area contributed by atoms with Crippen molar-refractivity contribution in [2.75, 3.05) is 12.4 Å². The Kier molecular flexibility index (Phi) is 5.30. The van der Waals surface area contributed by atoms with E-state index < -0.39 is 6.10 Å². The van der Waals surface area contributed by atoms with Gasteiger partial charge in [-0.2, -0.15) is 0 Å². The first-order valence-corrected chi connectivity index (χ1v) is 7.38. The Hall–Kier alpha value is -1.92. The molecule has 1 unspecified atom stereocenters. The molecule has 1 aromatic carbocycles. The zero-order valence-corrected chi connectivity index (χ0v) is 13.1. The summed E-state index contributed by atoms with van der Waals surface area (Å²) in [6.07, 6.45) is 1.17. The van der Waals surface area contributed by atoms with Gasteiger partial charge in [0.2, 0.25) is 0 Å². The van der Waals surface area contributed by atoms with Crippen molar-refractivity contribution in [3.63, 3.8) is 0 Å². The summed E-state index contributed by atoms with van der Waals surface area (Å²) in [4.78, 5) is 17.1. The molecule has 112 valence electrons. The van der Waals surface area contributed by atoms with Crippen molar-refractivity contribution >= 4 is 22.4 Å². The van der Waals surface area contributed by atoms with Crippen LogP contribution in [0, 0.1) is 6.92 Å². The van der Waals surface area contributed by atoms with E-state index >= 15 is 0 Å². The lowest BCUT2D eigenvalue weighted by atomic mass is 10.2. The smallest absolute Gasteiger partial charge is 0.255 e. The maximum absolute atomic E-state index is 12.0. The molecule has 0 aliphatic carbocycles. The van der Waals surface area contributed by atoms with Crippen molar-refractivity contribution in [1.82, 2.24) is 4.98 Å². The first-order chi connectivity index (χ1) is 10.1. The Bertz CT molecular complexity index is 612. The highest BCUT2D eigenvalue weighted by molar-refractivity contribution is 7.15. The summed E-state index contributed by atoms with van der Waals surface area (Å²) >= 11 is 1.44. The van der Waals surface area contributed by atoms with Gasteiger partial charge < -0.3 is 9.47 Å². The van der Waals surface area contributed by atoms with Gasteiger partial charge in [0.1, 0.15) is 11.9 Å². The summed E-state index contributed by atoms with van der Waals surface area (Å²) < 4.78 is 10.7. The van der Waals surface area contributed by atoms with Gasteiger partial charge in [0.15, 0.2) is 5.13 Å². The maximum atomic E-state index is 12.0. The molecule has 0 bridgehead atoms. The maximum Gasteiger partial charge on any atom is 0.255 e. The van der Waals surface area contributed by atoms with Crippen LogP contribution in [0.15, 0.2) is 30.5 Å². The van der Waals surface area contributed by atoms with Crippen molar-refractivity contribution < 1.29 is 14.3 Å². The van der Waals surface area contributed by atoms with Crippen molar-refractivity contribution in [3.8, 4) is 5.75 Å². The van der Waals surface area contributed by atoms with Crippen molar-refractivity contribution in [3.05, 3.63) is 40.9 Å². The minimum Gasteiger partial charge on any atom is -0.497 e. The number of benzene rings is 1. The second-order valence-electron chi connectivity index (χ2n) is 4.57. The molecule has 2 aromatic rings. The first kappa shape index (κ1) is 15.5. The van der Waals surface area contributed by atoms with Gasteiger partial charge in [-0.1, -0.05) is 12.1 Å². The Morgan fingerprint density at radius 3 is 2.95 bits per heavy atom. The number of thiazole rings is 1. The molecule has 21 heavy (non-hydrogen) atoms. The molecule has 0 aliphatic rings. The summed E-state index contributed by atoms with van der Waals surface area (Å²) in [5.41, 5.74) is 0.957. The van der Waals surface area contributed by atoms with E-state index in [9.17, 15) is 4.79 Å². The van der Waals surface area contributed by atoms with E-state index in [1.807, 2.05) is 31.2 Å². The highest BCUT2D eigenvalue weighted by Crippen LogP contribution is 2.17. The minimum absolute atomic E-state index is 0.202. The fourth-order valence-electron chi connectivity index (χ4n) is 1.68. The minimum atomic E-state index is -0.555. The van der Waals surface area contributed by atoms with Gasteiger partial charge in [0, 0.05) is 11.1 Å². The number of aromatic nitrogens is 1. The molecule has 1 amide bonds. The fraction of sp³-hybridized carbons (Fsp3) is 0.333. The van der Waals surface area contributed by atoms with Crippen LogP contribution in [0.3, 0.4) is 0 Å². The lowest BCUT2D eigenvalue weighted by Crippen LogP contribution is -2.27. The predicted octanol–water partition coefficient (Wildman–Crippen LogP) is 3.00. The standard InChI is InChI=1S/C15H18N2O3S/c1-10-8-16-15(21-10)17-14(18)11(2)20-9-12-5-4-6-13(7-12)19-3/h4-8,11H,9H2,1-3H3,(H,16,17,18). The summed E-state index contributed by atoms with van der Waals surface area (Å²) in [6, 6.07) is 7.57. The van der Waals surface area contributed by atoms with Gasteiger partial charge >= 0.3 is 0 Å². The number of hydrogen-bond donors (Lipinski definition) is 1. The van der Waals surface area contributed by atoms with E-state index in [-0.39, 0.29) is 5.91 Å². The zero-order chi connectivity index (χ0) is 15.2. The van der Waals surface area contributed by atoms with E-state index in [0.717, 1.165) is 16.2 Å². The molecule has 5 nitrogen and oxygen atoms in total. The number of nitrogens with one attached hydrogen (secondary N) is 1. The van der Waals surface area contributed by atoms with Gasteiger partial charge in [-0.15, -0.1) is 11.3 Å². The molecule has 0 radical (unpaired) electrons. The average molecular weight is 306 g/mol. The number of hydrogen-bond acceptors (Lipinski definition) is 5. The van der Waals surface area contributed by atoms with Crippen LogP contribution < -0.4 is 10.1 Å². The lowest BCUT2D eigenvalue weighted by molar-refractivity contribution is -0.127. The molecular formula is C15H18N2O3S. The molecule has 1 N–H and O–H groups in total. The van der Waals surface area contributed by atoms with E-state index in [4.69, 9.17) is 9.47 Å². The highest BCUT2D eigenvalue weighted by atomic mass is 32.1. The van der Waals surface area contributed by atoms with Gasteiger partial charge in [-0.25, -0.2) is 4.98 Å². The normalized spacial score (nSPS) is 12.0. The molecule has 6 heteroatoms. The van der Waals surface area contributed by atoms with Gasteiger partial charge in [-0.3, -0.25) is 10.1 Å². The fourth-order valence-corrected chi connectivity index (χ4v) is 2.35. The monoisotopic (exact) mass is 306 g/mol. The molecule has 1 atom stereocenters. The van der Waals surface area contributed by atoms with Gasteiger partial charge in [0.05, 0.1) is 13.7 Å². The van der Waals surface area contributed by atoms with Crippen molar-refractivity contribution in [2.45, 2.75) is 26.6 Å². The topological polar surface area (TPSA) is 60.5 Å². The van der Waals surface area contributed by atoms with Gasteiger partial charge in [-0.05, 0) is 31.5 Å². The average Bonchev–Trinajstić information content (AvgIpc) is 2.90. The molecule has 1 heterocycles. The van der Waals surface area contributed by atoms with Crippen LogP contribution in [0.25, 0.3) is 0 Å². The number of aryl methyl sites for hydroxylation is 1. The van der Waals surface area contributed by atoms with E-state index in [0.29, 0.717) is 11.7 Å². The number of anilines is 1. The first-order valence-electron chi connectivity index (χ1n) is 6.56. The predicted molar refractivity (Wildman–Crippen MR) is 82.7 cm³/mol. The number of ether oxygens (including phenoxy) is 2. The second-order valence-corrected chi connectivity index (χ2v) is 5.80. The van der Waals surface area contributed by atoms with Crippen molar-refractivity contribution in [1.29, 1.82) is 0 Å². The summed E-state index contributed by atoms with van der Waals surface area (Å²) in [5, 5.41) is 3.33. The number of rotatable bonds is 6. The van der Waals surface area contributed by atoms with Crippen LogP contribution in [0.5, 0.6) is 5.75 Å². The molecule has 2 rings (SSSR count). The van der Waals surface area contributed by atoms with Crippen LogP contribution in [-0.2, 0) is 16.1 Å². The Balaban J connectivity index is 1.85. The summed E-state index contributed by atoms with van der Waals surface area (Å²) in [6.45, 7) is 4.01. The van der Waals surface area contributed by atoms with Crippen molar-refractivity contribution in [2.24, 2.45) is 0 Å². The molecular weight excluding hydrogens is 288 g/mol. The van der Waals surface area contributed by atoms with E-state index in [1.54, 1.807) is 20.2 Å². The van der Waals surface area contributed by atoms with E-state index in [2.05, 4.69) is 10.3 Å². The van der Waals surface area contributed by atoms with Crippen LogP contribution in [-0.4, -0.2) is 24.1 Å². The van der Waals surface area contributed by atoms with Crippen LogP contribution in [0.4, 0.5) is 5.13 Å². The third-order valence-corrected chi connectivity index (χ3v) is 3.68. The molecule has 0 spiro atoms. The molecule has 1 aromatic heterocycles. The number of carbonyl (C=O) groups excluding carboxylic acids is 1. The van der Waals surface area contributed by atoms with Crippen LogP contribution in [0.1, 0.15) is 17.4 Å². The quantitative estimate of drug-likeness (QED) is 0.891. The second kappa shape index (κ2) is 7.19. The van der Waals surface area contributed by atoms with Crippen LogP contribution in [0.2, 0.25) is 0 Å². The molecule has 0 saturated carbocycles. The molecule has 0 aliphatic heterocycles. The zero-order valence-electron chi connectivity index (χ0n) is 12.3. The highest BCUT2D eigenvalue weighted by Gasteiger charge is 2.15. The summed E-state index contributed by atoms with van der Waals surface area (Å²) in [7, 11) is 1.62. The largest absolute Gasteiger partial charge is 0.497 e. The lowest BCUT2D eigenvalue weighted by Gasteiger charge is -2.12. The van der Waals surface area contributed by atoms with Crippen LogP contribution >= 0.6 is 11.3 Å². The third-order valence-electron chi connectivity index (χ3n) is 2.85. The van der Waals surface area contributed by atoms with E-state index in [1.165, 1.54) is 11.3 Å². The number of methoxy groups -OCH3 is 1. The Morgan fingerprint density at radius 2 is 2.29 bits per heavy atom. The SMILES string of the molecule is COc1cccc(COC(C)C(=O)Nc2ncc(C)s2)c1. The summed E-state index contributed by atoms with van der Waals surface area (Å²) in [5.74, 6) is 0.568. The number of nitrogens with zero attached hydrogens (tertiary/aromatic N) is 1.